The van der Waals surface area contributed by atoms with Gasteiger partial charge in [-0.25, -0.2) is 4.98 Å². The van der Waals surface area contributed by atoms with Gasteiger partial charge in [-0.2, -0.15) is 18.2 Å². The van der Waals surface area contributed by atoms with Gasteiger partial charge in [-0.05, 0) is 6.92 Å². The molecule has 108 valence electrons. The van der Waals surface area contributed by atoms with E-state index in [4.69, 9.17) is 4.74 Å². The Morgan fingerprint density at radius 1 is 1.37 bits per heavy atom. The molecule has 1 atom stereocenters. The van der Waals surface area contributed by atoms with Crippen molar-refractivity contribution in [2.45, 2.75) is 19.2 Å². The van der Waals surface area contributed by atoms with E-state index in [1.54, 1.807) is 21.0 Å². The summed E-state index contributed by atoms with van der Waals surface area (Å²) in [6.07, 6.45) is -4.65. The summed E-state index contributed by atoms with van der Waals surface area (Å²) in [5.74, 6) is 0.123. The van der Waals surface area contributed by atoms with Crippen LogP contribution in [-0.4, -0.2) is 43.8 Å². The third kappa shape index (κ3) is 4.55. The fraction of sp³-hybridized carbons (Fsp3) is 0.636. The maximum Gasteiger partial charge on any atom is 0.433 e. The first-order valence-electron chi connectivity index (χ1n) is 5.64. The molecule has 0 aliphatic carbocycles. The van der Waals surface area contributed by atoms with Gasteiger partial charge in [-0.3, -0.25) is 0 Å². The maximum absolute atomic E-state index is 12.7. The molecule has 0 radical (unpaired) electrons. The van der Waals surface area contributed by atoms with Crippen molar-refractivity contribution in [2.24, 2.45) is 0 Å². The highest BCUT2D eigenvalue weighted by molar-refractivity contribution is 5.44. The van der Waals surface area contributed by atoms with Crippen LogP contribution in [0.1, 0.15) is 12.6 Å². The zero-order valence-electron chi connectivity index (χ0n) is 11.2. The van der Waals surface area contributed by atoms with Crippen LogP contribution >= 0.6 is 0 Å². The first kappa shape index (κ1) is 15.5. The minimum atomic E-state index is -4.50. The summed E-state index contributed by atoms with van der Waals surface area (Å²) in [5, 5.41) is 2.73. The number of hydrogen-bond donors (Lipinski definition) is 1. The molecule has 0 fully saturated rings. The smallest absolute Gasteiger partial charge is 0.380 e. The highest BCUT2D eigenvalue weighted by Crippen LogP contribution is 2.30. The largest absolute Gasteiger partial charge is 0.433 e. The first-order chi connectivity index (χ1) is 8.74. The van der Waals surface area contributed by atoms with Crippen molar-refractivity contribution in [1.82, 2.24) is 9.97 Å². The van der Waals surface area contributed by atoms with Crippen LogP contribution in [0.2, 0.25) is 0 Å². The zero-order chi connectivity index (χ0) is 14.6. The molecule has 0 aliphatic heterocycles. The highest BCUT2D eigenvalue weighted by atomic mass is 19.4. The molecule has 1 aromatic rings. The Morgan fingerprint density at radius 2 is 2.00 bits per heavy atom. The molecule has 0 aromatic carbocycles. The van der Waals surface area contributed by atoms with Crippen molar-refractivity contribution in [3.63, 3.8) is 0 Å². The number of rotatable bonds is 5. The Kier molecular flexibility index (Phi) is 4.93. The van der Waals surface area contributed by atoms with Crippen molar-refractivity contribution in [1.29, 1.82) is 0 Å². The van der Waals surface area contributed by atoms with E-state index in [0.717, 1.165) is 6.07 Å². The van der Waals surface area contributed by atoms with Gasteiger partial charge in [-0.15, -0.1) is 0 Å². The predicted octanol–water partition coefficient (Wildman–Crippen LogP) is 2.01. The molecule has 0 saturated heterocycles. The van der Waals surface area contributed by atoms with E-state index in [9.17, 15) is 13.2 Å². The van der Waals surface area contributed by atoms with Crippen molar-refractivity contribution < 1.29 is 17.9 Å². The van der Waals surface area contributed by atoms with Gasteiger partial charge in [0.05, 0.1) is 6.10 Å². The van der Waals surface area contributed by atoms with Crippen LogP contribution in [-0.2, 0) is 10.9 Å². The van der Waals surface area contributed by atoms with E-state index in [-0.39, 0.29) is 17.9 Å². The normalized spacial score (nSPS) is 13.2. The lowest BCUT2D eigenvalue weighted by atomic mass is 10.3. The molecule has 8 heteroatoms. The van der Waals surface area contributed by atoms with Gasteiger partial charge in [0.25, 0.3) is 0 Å². The second-order valence-electron chi connectivity index (χ2n) is 4.25. The number of nitrogens with zero attached hydrogens (tertiary/aromatic N) is 3. The molecular formula is C11H17F3N4O. The molecule has 0 saturated carbocycles. The van der Waals surface area contributed by atoms with Crippen LogP contribution in [0.4, 0.5) is 24.9 Å². The molecule has 5 nitrogen and oxygen atoms in total. The second kappa shape index (κ2) is 6.05. The minimum absolute atomic E-state index is 0.0672. The van der Waals surface area contributed by atoms with E-state index in [1.807, 2.05) is 0 Å². The SMILES string of the molecule is COC(C)CNc1nc(N(C)C)cc(C(F)(F)F)n1. The van der Waals surface area contributed by atoms with Crippen LogP contribution in [0.15, 0.2) is 6.07 Å². The molecule has 0 spiro atoms. The van der Waals surface area contributed by atoms with Crippen molar-refractivity contribution >= 4 is 11.8 Å². The van der Waals surface area contributed by atoms with E-state index >= 15 is 0 Å². The Labute approximate surface area is 109 Å². The molecular weight excluding hydrogens is 261 g/mol. The number of anilines is 2. The lowest BCUT2D eigenvalue weighted by molar-refractivity contribution is -0.141. The quantitative estimate of drug-likeness (QED) is 0.893. The van der Waals surface area contributed by atoms with Crippen molar-refractivity contribution in [3.8, 4) is 0 Å². The summed E-state index contributed by atoms with van der Waals surface area (Å²) in [4.78, 5) is 8.95. The number of alkyl halides is 3. The van der Waals surface area contributed by atoms with Crippen LogP contribution in [0.25, 0.3) is 0 Å². The average Bonchev–Trinajstić information content (AvgIpc) is 2.34. The van der Waals surface area contributed by atoms with Gasteiger partial charge < -0.3 is 15.0 Å². The number of aromatic nitrogens is 2. The predicted molar refractivity (Wildman–Crippen MR) is 66.3 cm³/mol. The molecule has 1 aromatic heterocycles. The molecule has 0 bridgehead atoms. The van der Waals surface area contributed by atoms with E-state index in [0.29, 0.717) is 6.54 Å². The third-order valence-electron chi connectivity index (χ3n) is 2.41. The fourth-order valence-electron chi connectivity index (χ4n) is 1.21. The van der Waals surface area contributed by atoms with E-state index in [1.165, 1.54) is 12.0 Å². The Hall–Kier alpha value is -1.57. The Bertz CT molecular complexity index is 423. The van der Waals surface area contributed by atoms with Crippen LogP contribution < -0.4 is 10.2 Å². The van der Waals surface area contributed by atoms with Gasteiger partial charge in [0, 0.05) is 33.8 Å². The highest BCUT2D eigenvalue weighted by Gasteiger charge is 2.34. The van der Waals surface area contributed by atoms with Gasteiger partial charge in [-0.1, -0.05) is 0 Å². The Balaban J connectivity index is 3.00. The average molecular weight is 278 g/mol. The third-order valence-corrected chi connectivity index (χ3v) is 2.41. The number of ether oxygens (including phenoxy) is 1. The Morgan fingerprint density at radius 3 is 2.47 bits per heavy atom. The molecule has 1 N–H and O–H groups in total. The summed E-state index contributed by atoms with van der Waals surface area (Å²) in [6, 6.07) is 0.908. The van der Waals surface area contributed by atoms with E-state index in [2.05, 4.69) is 15.3 Å². The maximum atomic E-state index is 12.7. The standard InChI is InChI=1S/C11H17F3N4O/c1-7(19-4)6-15-10-16-8(11(12,13)14)5-9(17-10)18(2)3/h5,7H,6H2,1-4H3,(H,15,16,17). The number of hydrogen-bond acceptors (Lipinski definition) is 5. The summed E-state index contributed by atoms with van der Waals surface area (Å²) < 4.78 is 43.1. The van der Waals surface area contributed by atoms with Crippen LogP contribution in [0.3, 0.4) is 0 Å². The number of methoxy groups -OCH3 is 1. The molecule has 0 aliphatic rings. The molecule has 0 amide bonds. The van der Waals surface area contributed by atoms with Crippen molar-refractivity contribution in [2.75, 3.05) is 38.0 Å². The van der Waals surface area contributed by atoms with Crippen LogP contribution in [0.5, 0.6) is 0 Å². The van der Waals surface area contributed by atoms with E-state index < -0.39 is 11.9 Å². The molecule has 1 heterocycles. The topological polar surface area (TPSA) is 50.3 Å². The summed E-state index contributed by atoms with van der Waals surface area (Å²) in [5.41, 5.74) is -0.973. The summed E-state index contributed by atoms with van der Waals surface area (Å²) >= 11 is 0. The monoisotopic (exact) mass is 278 g/mol. The lowest BCUT2D eigenvalue weighted by Crippen LogP contribution is -2.22. The zero-order valence-corrected chi connectivity index (χ0v) is 11.2. The van der Waals surface area contributed by atoms with Gasteiger partial charge in [0.2, 0.25) is 5.95 Å². The van der Waals surface area contributed by atoms with Crippen LogP contribution in [0, 0.1) is 0 Å². The first-order valence-corrected chi connectivity index (χ1v) is 5.64. The minimum Gasteiger partial charge on any atom is -0.380 e. The summed E-state index contributed by atoms with van der Waals surface area (Å²) in [6.45, 7) is 2.11. The number of nitrogens with one attached hydrogen (secondary N) is 1. The van der Waals surface area contributed by atoms with Gasteiger partial charge in [0.1, 0.15) is 5.82 Å². The summed E-state index contributed by atoms with van der Waals surface area (Å²) in [7, 11) is 4.75. The molecule has 1 rings (SSSR count). The fourth-order valence-corrected chi connectivity index (χ4v) is 1.21. The van der Waals surface area contributed by atoms with Gasteiger partial charge in [0.15, 0.2) is 5.69 Å². The second-order valence-corrected chi connectivity index (χ2v) is 4.25. The van der Waals surface area contributed by atoms with Gasteiger partial charge >= 0.3 is 6.18 Å². The number of halogens is 3. The lowest BCUT2D eigenvalue weighted by Gasteiger charge is -2.17. The molecule has 1 unspecified atom stereocenters. The molecule has 19 heavy (non-hydrogen) atoms. The van der Waals surface area contributed by atoms with Crippen molar-refractivity contribution in [3.05, 3.63) is 11.8 Å².